The normalized spacial score (nSPS) is 15.6. The van der Waals surface area contributed by atoms with Gasteiger partial charge in [-0.25, -0.2) is 4.39 Å². The first-order valence-corrected chi connectivity index (χ1v) is 5.88. The lowest BCUT2D eigenvalue weighted by molar-refractivity contribution is -0.123. The number of carbonyl (C=O) groups is 2. The van der Waals surface area contributed by atoms with Crippen molar-refractivity contribution in [2.24, 2.45) is 0 Å². The predicted molar refractivity (Wildman–Crippen MR) is 63.0 cm³/mol. The topological polar surface area (TPSA) is 49.4 Å². The van der Waals surface area contributed by atoms with Gasteiger partial charge in [-0.1, -0.05) is 0 Å². The molecule has 1 fully saturated rings. The van der Waals surface area contributed by atoms with Crippen LogP contribution in [0.15, 0.2) is 22.7 Å². The number of nitrogens with one attached hydrogen (secondary N) is 1. The maximum Gasteiger partial charge on any atom is 0.254 e. The number of piperazine rings is 1. The van der Waals surface area contributed by atoms with E-state index in [1.165, 1.54) is 23.1 Å². The second-order valence-corrected chi connectivity index (χ2v) is 4.56. The zero-order valence-corrected chi connectivity index (χ0v) is 10.5. The Bertz CT molecular complexity index is 479. The smallest absolute Gasteiger partial charge is 0.254 e. The van der Waals surface area contributed by atoms with Crippen LogP contribution in [0.5, 0.6) is 0 Å². The summed E-state index contributed by atoms with van der Waals surface area (Å²) in [6.45, 7) is 0.905. The molecule has 17 heavy (non-hydrogen) atoms. The minimum atomic E-state index is -0.489. The fraction of sp³-hybridized carbons (Fsp3) is 0.273. The maximum absolute atomic E-state index is 13.3. The molecule has 1 aromatic rings. The fourth-order valence-electron chi connectivity index (χ4n) is 1.62. The number of rotatable bonds is 1. The maximum atomic E-state index is 13.3. The molecular formula is C11H10BrFN2O2. The van der Waals surface area contributed by atoms with E-state index in [1.54, 1.807) is 0 Å². The van der Waals surface area contributed by atoms with Gasteiger partial charge in [0.1, 0.15) is 5.82 Å². The van der Waals surface area contributed by atoms with Gasteiger partial charge in [0.25, 0.3) is 5.91 Å². The Hall–Kier alpha value is -1.43. The van der Waals surface area contributed by atoms with Gasteiger partial charge >= 0.3 is 0 Å². The van der Waals surface area contributed by atoms with Crippen LogP contribution in [0.1, 0.15) is 10.4 Å². The van der Waals surface area contributed by atoms with E-state index in [9.17, 15) is 14.0 Å². The summed E-state index contributed by atoms with van der Waals surface area (Å²) in [4.78, 5) is 24.5. The van der Waals surface area contributed by atoms with Crippen molar-refractivity contribution in [1.82, 2.24) is 10.2 Å². The molecule has 1 aliphatic heterocycles. The van der Waals surface area contributed by atoms with E-state index >= 15 is 0 Å². The summed E-state index contributed by atoms with van der Waals surface area (Å²) in [5.41, 5.74) is 0.250. The average Bonchev–Trinajstić information content (AvgIpc) is 2.32. The van der Waals surface area contributed by atoms with Crippen LogP contribution in [0, 0.1) is 5.82 Å². The first-order valence-electron chi connectivity index (χ1n) is 5.09. The van der Waals surface area contributed by atoms with Crippen molar-refractivity contribution >= 4 is 27.7 Å². The van der Waals surface area contributed by atoms with Crippen molar-refractivity contribution in [3.63, 3.8) is 0 Å². The number of amides is 2. The monoisotopic (exact) mass is 300 g/mol. The molecule has 4 nitrogen and oxygen atoms in total. The van der Waals surface area contributed by atoms with Crippen molar-refractivity contribution < 1.29 is 14.0 Å². The summed E-state index contributed by atoms with van der Waals surface area (Å²) in [5.74, 6) is -1.01. The van der Waals surface area contributed by atoms with E-state index in [0.29, 0.717) is 17.6 Å². The molecule has 0 aliphatic carbocycles. The van der Waals surface area contributed by atoms with Crippen LogP contribution >= 0.6 is 15.9 Å². The number of benzene rings is 1. The standard InChI is InChI=1S/C11H10BrFN2O2/c12-8-2-1-7(5-9(8)13)11(17)15-4-3-14-10(16)6-15/h1-2,5H,3-4,6H2,(H,14,16). The lowest BCUT2D eigenvalue weighted by Gasteiger charge is -2.26. The molecule has 1 N–H and O–H groups in total. The molecule has 1 aromatic carbocycles. The van der Waals surface area contributed by atoms with Crippen LogP contribution in [-0.4, -0.2) is 36.3 Å². The van der Waals surface area contributed by atoms with Crippen molar-refractivity contribution in [2.75, 3.05) is 19.6 Å². The molecule has 0 saturated carbocycles. The van der Waals surface area contributed by atoms with Gasteiger partial charge in [0.05, 0.1) is 11.0 Å². The molecular weight excluding hydrogens is 291 g/mol. The van der Waals surface area contributed by atoms with Crippen LogP contribution < -0.4 is 5.32 Å². The van der Waals surface area contributed by atoms with Gasteiger partial charge in [-0.05, 0) is 34.1 Å². The van der Waals surface area contributed by atoms with Crippen molar-refractivity contribution in [1.29, 1.82) is 0 Å². The van der Waals surface area contributed by atoms with Gasteiger partial charge in [-0.3, -0.25) is 9.59 Å². The van der Waals surface area contributed by atoms with Gasteiger partial charge in [0.2, 0.25) is 5.91 Å². The van der Waals surface area contributed by atoms with Crippen LogP contribution in [0.2, 0.25) is 0 Å². The molecule has 0 spiro atoms. The molecule has 0 aromatic heterocycles. The fourth-order valence-corrected chi connectivity index (χ4v) is 1.87. The minimum Gasteiger partial charge on any atom is -0.353 e. The van der Waals surface area contributed by atoms with Crippen LogP contribution in [0.4, 0.5) is 4.39 Å². The molecule has 0 atom stereocenters. The third kappa shape index (κ3) is 2.63. The quantitative estimate of drug-likeness (QED) is 0.846. The van der Waals surface area contributed by atoms with Crippen molar-refractivity contribution in [3.05, 3.63) is 34.1 Å². The first kappa shape index (κ1) is 12.0. The summed E-state index contributed by atoms with van der Waals surface area (Å²) < 4.78 is 13.6. The summed E-state index contributed by atoms with van der Waals surface area (Å²) >= 11 is 3.02. The molecule has 1 saturated heterocycles. The zero-order chi connectivity index (χ0) is 12.4. The summed E-state index contributed by atoms with van der Waals surface area (Å²) in [5, 5.41) is 2.62. The molecule has 0 unspecified atom stereocenters. The molecule has 2 rings (SSSR count). The summed E-state index contributed by atoms with van der Waals surface area (Å²) in [7, 11) is 0. The van der Waals surface area contributed by atoms with Crippen molar-refractivity contribution in [2.45, 2.75) is 0 Å². The summed E-state index contributed by atoms with van der Waals surface area (Å²) in [6.07, 6.45) is 0. The van der Waals surface area contributed by atoms with Crippen LogP contribution in [-0.2, 0) is 4.79 Å². The van der Waals surface area contributed by atoms with Gasteiger partial charge in [0.15, 0.2) is 0 Å². The molecule has 90 valence electrons. The Morgan fingerprint density at radius 3 is 2.88 bits per heavy atom. The molecule has 0 radical (unpaired) electrons. The Balaban J connectivity index is 2.18. The number of nitrogens with zero attached hydrogens (tertiary/aromatic N) is 1. The number of halogens is 2. The molecule has 6 heteroatoms. The van der Waals surface area contributed by atoms with Gasteiger partial charge in [-0.15, -0.1) is 0 Å². The second-order valence-electron chi connectivity index (χ2n) is 3.71. The second kappa shape index (κ2) is 4.83. The van der Waals surface area contributed by atoms with E-state index in [2.05, 4.69) is 21.2 Å². The summed E-state index contributed by atoms with van der Waals surface area (Å²) in [6, 6.07) is 4.17. The van der Waals surface area contributed by atoms with E-state index in [-0.39, 0.29) is 23.9 Å². The van der Waals surface area contributed by atoms with Gasteiger partial charge in [-0.2, -0.15) is 0 Å². The Labute approximate surface area is 106 Å². The largest absolute Gasteiger partial charge is 0.353 e. The first-order chi connectivity index (χ1) is 8.08. The van der Waals surface area contributed by atoms with E-state index in [1.807, 2.05) is 0 Å². The van der Waals surface area contributed by atoms with Crippen molar-refractivity contribution in [3.8, 4) is 0 Å². The minimum absolute atomic E-state index is 0.0243. The number of carbonyl (C=O) groups excluding carboxylic acids is 2. The molecule has 1 heterocycles. The van der Waals surface area contributed by atoms with E-state index in [4.69, 9.17) is 0 Å². The third-order valence-electron chi connectivity index (χ3n) is 2.49. The van der Waals surface area contributed by atoms with E-state index in [0.717, 1.165) is 0 Å². The third-order valence-corrected chi connectivity index (χ3v) is 3.14. The highest BCUT2D eigenvalue weighted by Gasteiger charge is 2.22. The molecule has 0 bridgehead atoms. The highest BCUT2D eigenvalue weighted by Crippen LogP contribution is 2.17. The lowest BCUT2D eigenvalue weighted by atomic mass is 10.2. The van der Waals surface area contributed by atoms with Crippen LogP contribution in [0.25, 0.3) is 0 Å². The van der Waals surface area contributed by atoms with Crippen LogP contribution in [0.3, 0.4) is 0 Å². The number of hydrogen-bond acceptors (Lipinski definition) is 2. The zero-order valence-electron chi connectivity index (χ0n) is 8.87. The average molecular weight is 301 g/mol. The van der Waals surface area contributed by atoms with Gasteiger partial charge in [0, 0.05) is 18.7 Å². The lowest BCUT2D eigenvalue weighted by Crippen LogP contribution is -2.49. The highest BCUT2D eigenvalue weighted by atomic mass is 79.9. The Morgan fingerprint density at radius 2 is 2.24 bits per heavy atom. The Morgan fingerprint density at radius 1 is 1.47 bits per heavy atom. The number of hydrogen-bond donors (Lipinski definition) is 1. The van der Waals surface area contributed by atoms with Gasteiger partial charge < -0.3 is 10.2 Å². The highest BCUT2D eigenvalue weighted by molar-refractivity contribution is 9.10. The molecule has 2 amide bonds. The SMILES string of the molecule is O=C1CN(C(=O)c2ccc(Br)c(F)c2)CCN1. The molecule has 1 aliphatic rings. The van der Waals surface area contributed by atoms with E-state index < -0.39 is 5.82 Å². The predicted octanol–water partition coefficient (Wildman–Crippen LogP) is 1.16. The Kier molecular flexibility index (Phi) is 3.42.